The predicted octanol–water partition coefficient (Wildman–Crippen LogP) is 1.91. The highest BCUT2D eigenvalue weighted by Crippen LogP contribution is 2.35. The molecule has 0 saturated carbocycles. The molecule has 3 rings (SSSR count). The number of aromatic amines is 1. The van der Waals surface area contributed by atoms with Crippen LogP contribution in [0.2, 0.25) is 0 Å². The van der Waals surface area contributed by atoms with Crippen LogP contribution in [0, 0.1) is 11.6 Å². The first-order chi connectivity index (χ1) is 12.4. The number of carbonyl (C=O) groups excluding carboxylic acids is 2. The van der Waals surface area contributed by atoms with Crippen molar-refractivity contribution in [1.82, 2.24) is 20.2 Å². The van der Waals surface area contributed by atoms with Gasteiger partial charge < -0.3 is 19.9 Å². The third-order valence-electron chi connectivity index (χ3n) is 4.36. The number of esters is 1. The summed E-state index contributed by atoms with van der Waals surface area (Å²) in [6, 6.07) is 1.41. The molecule has 2 N–H and O–H groups in total. The Bertz CT molecular complexity index is 839. The van der Waals surface area contributed by atoms with E-state index in [0.717, 1.165) is 11.8 Å². The summed E-state index contributed by atoms with van der Waals surface area (Å²) < 4.78 is 32.8. The zero-order valence-corrected chi connectivity index (χ0v) is 14.3. The zero-order valence-electron chi connectivity index (χ0n) is 14.3. The third kappa shape index (κ3) is 3.12. The number of nitrogens with one attached hydrogen (secondary N) is 2. The van der Waals surface area contributed by atoms with E-state index in [4.69, 9.17) is 0 Å². The number of urea groups is 1. The molecule has 1 aliphatic heterocycles. The van der Waals surface area contributed by atoms with E-state index in [1.54, 1.807) is 0 Å². The summed E-state index contributed by atoms with van der Waals surface area (Å²) in [6.45, 7) is 1.72. The van der Waals surface area contributed by atoms with Crippen LogP contribution in [-0.2, 0) is 16.0 Å². The highest BCUT2D eigenvalue weighted by Gasteiger charge is 2.37. The molecule has 0 bridgehead atoms. The Kier molecular flexibility index (Phi) is 4.88. The van der Waals surface area contributed by atoms with Crippen LogP contribution in [0.15, 0.2) is 24.5 Å². The van der Waals surface area contributed by atoms with E-state index < -0.39 is 35.7 Å². The van der Waals surface area contributed by atoms with Gasteiger partial charge in [-0.1, -0.05) is 12.1 Å². The lowest BCUT2D eigenvalue weighted by molar-refractivity contribution is -0.142. The number of halogens is 2. The number of hydrogen-bond acceptors (Lipinski definition) is 4. The molecule has 2 aromatic rings. The lowest BCUT2D eigenvalue weighted by Gasteiger charge is -2.35. The Labute approximate surface area is 148 Å². The summed E-state index contributed by atoms with van der Waals surface area (Å²) >= 11 is 0. The number of aromatic nitrogens is 2. The van der Waals surface area contributed by atoms with Gasteiger partial charge in [0.2, 0.25) is 0 Å². The molecule has 0 unspecified atom stereocenters. The number of hydrogen-bond donors (Lipinski definition) is 2. The molecule has 0 spiro atoms. The summed E-state index contributed by atoms with van der Waals surface area (Å²) in [7, 11) is 1.22. The van der Waals surface area contributed by atoms with E-state index in [1.165, 1.54) is 37.4 Å². The van der Waals surface area contributed by atoms with Crippen molar-refractivity contribution in [1.29, 1.82) is 0 Å². The maximum Gasteiger partial charge on any atom is 0.328 e. The van der Waals surface area contributed by atoms with Gasteiger partial charge in [0.25, 0.3) is 0 Å². The Morgan fingerprint density at radius 2 is 2.19 bits per heavy atom. The maximum absolute atomic E-state index is 14.4. The van der Waals surface area contributed by atoms with E-state index in [9.17, 15) is 18.4 Å². The average Bonchev–Trinajstić information content (AvgIpc) is 3.11. The van der Waals surface area contributed by atoms with Gasteiger partial charge in [-0.3, -0.25) is 0 Å². The first-order valence-electron chi connectivity index (χ1n) is 8.05. The number of nitrogens with zero attached hydrogens (tertiary/aromatic N) is 2. The molecule has 0 saturated heterocycles. The van der Waals surface area contributed by atoms with Crippen LogP contribution in [-0.4, -0.2) is 46.6 Å². The maximum atomic E-state index is 14.4. The largest absolute Gasteiger partial charge is 0.467 e. The number of methoxy groups -OCH3 is 1. The lowest BCUT2D eigenvalue weighted by Crippen LogP contribution is -2.50. The van der Waals surface area contributed by atoms with Gasteiger partial charge in [-0.15, -0.1) is 0 Å². The average molecular weight is 364 g/mol. The van der Waals surface area contributed by atoms with E-state index >= 15 is 0 Å². The van der Waals surface area contributed by atoms with Crippen molar-refractivity contribution in [3.05, 3.63) is 53.1 Å². The Balaban J connectivity index is 1.97. The molecular formula is C17H18F2N4O3. The first-order valence-corrected chi connectivity index (χ1v) is 8.05. The molecule has 2 heterocycles. The van der Waals surface area contributed by atoms with E-state index in [-0.39, 0.29) is 12.1 Å². The number of H-pyrrole nitrogens is 1. The second-order valence-electron chi connectivity index (χ2n) is 5.95. The predicted molar refractivity (Wildman–Crippen MR) is 87.2 cm³/mol. The number of ether oxygens (including phenoxy) is 1. The van der Waals surface area contributed by atoms with Crippen molar-refractivity contribution in [2.24, 2.45) is 0 Å². The number of benzene rings is 1. The summed E-state index contributed by atoms with van der Waals surface area (Å²) in [4.78, 5) is 32.7. The van der Waals surface area contributed by atoms with Crippen LogP contribution in [0.5, 0.6) is 0 Å². The molecule has 1 aliphatic rings. The zero-order chi connectivity index (χ0) is 18.8. The van der Waals surface area contributed by atoms with Gasteiger partial charge in [0.1, 0.15) is 12.1 Å². The Morgan fingerprint density at radius 1 is 1.42 bits per heavy atom. The summed E-state index contributed by atoms with van der Waals surface area (Å²) in [5, 5.41) is 2.52. The van der Waals surface area contributed by atoms with E-state index in [0.29, 0.717) is 12.1 Å². The summed E-state index contributed by atoms with van der Waals surface area (Å²) in [5.74, 6) is -2.65. The quantitative estimate of drug-likeness (QED) is 0.815. The molecule has 138 valence electrons. The second kappa shape index (κ2) is 7.11. The highest BCUT2D eigenvalue weighted by molar-refractivity contribution is 5.83. The highest BCUT2D eigenvalue weighted by atomic mass is 19.2. The Morgan fingerprint density at radius 3 is 2.92 bits per heavy atom. The first kappa shape index (κ1) is 17.8. The molecule has 7 nitrogen and oxygen atoms in total. The van der Waals surface area contributed by atoms with Gasteiger partial charge >= 0.3 is 12.0 Å². The van der Waals surface area contributed by atoms with Crippen molar-refractivity contribution in [2.45, 2.75) is 25.4 Å². The van der Waals surface area contributed by atoms with Crippen molar-refractivity contribution >= 4 is 12.0 Å². The molecule has 1 aromatic carbocycles. The SMILES string of the molecule is COC(=O)[C@H](C)NC(=O)N1CCc2[nH]cnc2[C@@H]1c1cccc(F)c1F. The van der Waals surface area contributed by atoms with Gasteiger partial charge in [-0.2, -0.15) is 0 Å². The molecule has 0 radical (unpaired) electrons. The number of carbonyl (C=O) groups is 2. The molecular weight excluding hydrogens is 346 g/mol. The normalized spacial score (nSPS) is 17.4. The van der Waals surface area contributed by atoms with Crippen molar-refractivity contribution < 1.29 is 23.1 Å². The third-order valence-corrected chi connectivity index (χ3v) is 4.36. The molecule has 9 heteroatoms. The molecule has 0 fully saturated rings. The van der Waals surface area contributed by atoms with Crippen LogP contribution < -0.4 is 5.32 Å². The lowest BCUT2D eigenvalue weighted by atomic mass is 9.95. The fraction of sp³-hybridized carbons (Fsp3) is 0.353. The van der Waals surface area contributed by atoms with Crippen LogP contribution in [0.4, 0.5) is 13.6 Å². The second-order valence-corrected chi connectivity index (χ2v) is 5.95. The smallest absolute Gasteiger partial charge is 0.328 e. The fourth-order valence-corrected chi connectivity index (χ4v) is 3.05. The molecule has 1 aromatic heterocycles. The molecule has 26 heavy (non-hydrogen) atoms. The minimum absolute atomic E-state index is 0.000999. The van der Waals surface area contributed by atoms with Crippen LogP contribution in [0.1, 0.15) is 29.9 Å². The molecule has 2 atom stereocenters. The van der Waals surface area contributed by atoms with Crippen LogP contribution >= 0.6 is 0 Å². The van der Waals surface area contributed by atoms with Gasteiger partial charge in [0.05, 0.1) is 19.1 Å². The summed E-state index contributed by atoms with van der Waals surface area (Å²) in [6.07, 6.45) is 1.93. The Hall–Kier alpha value is -2.97. The van der Waals surface area contributed by atoms with Gasteiger partial charge in [0, 0.05) is 24.2 Å². The van der Waals surface area contributed by atoms with Gasteiger partial charge in [-0.05, 0) is 13.0 Å². The standard InChI is InChI=1S/C17H18F2N4O3/c1-9(16(24)26-2)22-17(25)23-7-6-12-14(21-8-20-12)15(23)10-4-3-5-11(18)13(10)19/h3-5,8-9,15H,6-7H2,1-2H3,(H,20,21)(H,22,25)/t9-,15-/m0/s1. The van der Waals surface area contributed by atoms with Crippen molar-refractivity contribution in [3.63, 3.8) is 0 Å². The van der Waals surface area contributed by atoms with E-state index in [1.807, 2.05) is 0 Å². The summed E-state index contributed by atoms with van der Waals surface area (Å²) in [5.41, 5.74) is 1.20. The fourth-order valence-electron chi connectivity index (χ4n) is 3.05. The molecule has 0 aliphatic carbocycles. The van der Waals surface area contributed by atoms with Crippen LogP contribution in [0.25, 0.3) is 0 Å². The minimum Gasteiger partial charge on any atom is -0.467 e. The van der Waals surface area contributed by atoms with Crippen molar-refractivity contribution in [3.8, 4) is 0 Å². The van der Waals surface area contributed by atoms with E-state index in [2.05, 4.69) is 20.0 Å². The van der Waals surface area contributed by atoms with Gasteiger partial charge in [-0.25, -0.2) is 23.4 Å². The number of rotatable bonds is 3. The topological polar surface area (TPSA) is 87.3 Å². The molecule has 2 amide bonds. The number of imidazole rings is 1. The number of fused-ring (bicyclic) bond motifs is 1. The van der Waals surface area contributed by atoms with Crippen molar-refractivity contribution in [2.75, 3.05) is 13.7 Å². The monoisotopic (exact) mass is 364 g/mol. The number of amides is 2. The minimum atomic E-state index is -1.04. The van der Waals surface area contributed by atoms with Gasteiger partial charge in [0.15, 0.2) is 11.6 Å². The van der Waals surface area contributed by atoms with Crippen LogP contribution in [0.3, 0.4) is 0 Å².